The van der Waals surface area contributed by atoms with Crippen LogP contribution in [0.4, 0.5) is 18.9 Å². The Labute approximate surface area is 111 Å². The molecule has 0 atom stereocenters. The van der Waals surface area contributed by atoms with E-state index in [-0.39, 0.29) is 12.3 Å². The van der Waals surface area contributed by atoms with Crippen LogP contribution in [0.15, 0.2) is 30.6 Å². The molecule has 2 aromatic rings. The van der Waals surface area contributed by atoms with Crippen molar-refractivity contribution >= 4 is 11.6 Å². The molecule has 1 aromatic carbocycles. The molecule has 5 nitrogen and oxygen atoms in total. The van der Waals surface area contributed by atoms with Gasteiger partial charge in [0.15, 0.2) is 11.4 Å². The first kappa shape index (κ1) is 14.1. The van der Waals surface area contributed by atoms with Crippen LogP contribution in [0.25, 0.3) is 0 Å². The predicted octanol–water partition coefficient (Wildman–Crippen LogP) is 2.17. The summed E-state index contributed by atoms with van der Waals surface area (Å²) in [5.74, 6) is -0.978. The number of anilines is 1. The number of aliphatic hydroxyl groups excluding tert-OH is 1. The lowest BCUT2D eigenvalue weighted by molar-refractivity contribution is -0.141. The van der Waals surface area contributed by atoms with Gasteiger partial charge in [0.2, 0.25) is 0 Å². The molecule has 8 heteroatoms. The van der Waals surface area contributed by atoms with E-state index in [1.807, 2.05) is 4.98 Å². The lowest BCUT2D eigenvalue weighted by Gasteiger charge is -2.08. The lowest BCUT2D eigenvalue weighted by atomic mass is 10.2. The largest absolute Gasteiger partial charge is 0.433 e. The number of alkyl halides is 3. The van der Waals surface area contributed by atoms with E-state index in [1.165, 1.54) is 12.1 Å². The van der Waals surface area contributed by atoms with Gasteiger partial charge in [-0.1, -0.05) is 12.1 Å². The van der Waals surface area contributed by atoms with E-state index in [0.717, 1.165) is 6.33 Å². The maximum absolute atomic E-state index is 12.6. The summed E-state index contributed by atoms with van der Waals surface area (Å²) in [6, 6.07) is 6.14. The zero-order valence-corrected chi connectivity index (χ0v) is 10.0. The molecule has 3 N–H and O–H groups in total. The second-order valence-corrected chi connectivity index (χ2v) is 3.94. The molecule has 0 fully saturated rings. The number of hydrogen-bond donors (Lipinski definition) is 3. The van der Waals surface area contributed by atoms with Crippen LogP contribution in [0.5, 0.6) is 0 Å². The predicted molar refractivity (Wildman–Crippen MR) is 63.9 cm³/mol. The molecule has 0 unspecified atom stereocenters. The van der Waals surface area contributed by atoms with Crippen LogP contribution in [-0.2, 0) is 12.8 Å². The van der Waals surface area contributed by atoms with Gasteiger partial charge in [-0.3, -0.25) is 4.79 Å². The van der Waals surface area contributed by atoms with Crippen molar-refractivity contribution < 1.29 is 23.1 Å². The van der Waals surface area contributed by atoms with E-state index in [1.54, 1.807) is 12.1 Å². The summed E-state index contributed by atoms with van der Waals surface area (Å²) in [4.78, 5) is 17.1. The van der Waals surface area contributed by atoms with Gasteiger partial charge in [-0.2, -0.15) is 13.2 Å². The smallest absolute Gasteiger partial charge is 0.392 e. The average Bonchev–Trinajstić information content (AvgIpc) is 2.88. The Bertz CT molecular complexity index is 622. The van der Waals surface area contributed by atoms with Gasteiger partial charge in [0.25, 0.3) is 5.91 Å². The van der Waals surface area contributed by atoms with Gasteiger partial charge in [0.1, 0.15) is 0 Å². The molecule has 0 aliphatic heterocycles. The molecule has 0 saturated carbocycles. The molecule has 1 amide bonds. The maximum Gasteiger partial charge on any atom is 0.433 e. The number of rotatable bonds is 3. The van der Waals surface area contributed by atoms with Crippen LogP contribution in [-0.4, -0.2) is 21.0 Å². The number of aromatic amines is 1. The van der Waals surface area contributed by atoms with Crippen molar-refractivity contribution in [3.63, 3.8) is 0 Å². The highest BCUT2D eigenvalue weighted by Gasteiger charge is 2.37. The molecule has 20 heavy (non-hydrogen) atoms. The second-order valence-electron chi connectivity index (χ2n) is 3.94. The third-order valence-electron chi connectivity index (χ3n) is 2.51. The number of halogens is 3. The van der Waals surface area contributed by atoms with Crippen LogP contribution < -0.4 is 5.32 Å². The number of H-pyrrole nitrogens is 1. The van der Waals surface area contributed by atoms with Crippen LogP contribution in [0, 0.1) is 0 Å². The van der Waals surface area contributed by atoms with E-state index in [0.29, 0.717) is 5.56 Å². The Morgan fingerprint density at radius 2 is 2.15 bits per heavy atom. The summed E-state index contributed by atoms with van der Waals surface area (Å²) in [5.41, 5.74) is -1.13. The molecule has 1 heterocycles. The number of imidazole rings is 1. The second kappa shape index (κ2) is 5.33. The lowest BCUT2D eigenvalue weighted by Crippen LogP contribution is -2.18. The number of carbonyl (C=O) groups is 1. The zero-order chi connectivity index (χ0) is 14.8. The monoisotopic (exact) mass is 285 g/mol. The number of aromatic nitrogens is 2. The summed E-state index contributed by atoms with van der Waals surface area (Å²) >= 11 is 0. The highest BCUT2D eigenvalue weighted by molar-refractivity contribution is 6.03. The van der Waals surface area contributed by atoms with Crippen molar-refractivity contribution in [1.29, 1.82) is 0 Å². The molecule has 1 aromatic heterocycles. The number of hydrogen-bond acceptors (Lipinski definition) is 3. The van der Waals surface area contributed by atoms with Crippen molar-refractivity contribution in [1.82, 2.24) is 9.97 Å². The molecule has 0 spiro atoms. The maximum atomic E-state index is 12.6. The van der Waals surface area contributed by atoms with Gasteiger partial charge < -0.3 is 15.4 Å². The van der Waals surface area contributed by atoms with E-state index in [9.17, 15) is 18.0 Å². The van der Waals surface area contributed by atoms with Gasteiger partial charge in [-0.25, -0.2) is 4.98 Å². The number of nitrogens with one attached hydrogen (secondary N) is 2. The van der Waals surface area contributed by atoms with Crippen molar-refractivity contribution in [2.75, 3.05) is 5.32 Å². The van der Waals surface area contributed by atoms with Gasteiger partial charge in [-0.05, 0) is 17.7 Å². The standard InChI is InChI=1S/C12H10F3N3O2/c13-12(14,15)10-9(16-6-17-10)11(20)18-8-3-1-2-7(4-8)5-19/h1-4,6,19H,5H2,(H,16,17)(H,18,20). The van der Waals surface area contributed by atoms with Gasteiger partial charge >= 0.3 is 6.18 Å². The normalized spacial score (nSPS) is 11.4. The molecule has 0 bridgehead atoms. The first-order valence-corrected chi connectivity index (χ1v) is 5.53. The summed E-state index contributed by atoms with van der Waals surface area (Å²) < 4.78 is 37.8. The topological polar surface area (TPSA) is 78.0 Å². The quantitative estimate of drug-likeness (QED) is 0.808. The van der Waals surface area contributed by atoms with Crippen LogP contribution in [0.3, 0.4) is 0 Å². The average molecular weight is 285 g/mol. The Balaban J connectivity index is 2.22. The molecular formula is C12H10F3N3O2. The van der Waals surface area contributed by atoms with E-state index < -0.39 is 23.5 Å². The Hall–Kier alpha value is -2.35. The summed E-state index contributed by atoms with van der Waals surface area (Å²) in [6.07, 6.45) is -3.88. The minimum Gasteiger partial charge on any atom is -0.392 e. The fourth-order valence-electron chi connectivity index (χ4n) is 1.62. The molecule has 0 aliphatic carbocycles. The highest BCUT2D eigenvalue weighted by atomic mass is 19.4. The molecule has 0 radical (unpaired) electrons. The summed E-state index contributed by atoms with van der Waals surface area (Å²) in [7, 11) is 0. The molecular weight excluding hydrogens is 275 g/mol. The summed E-state index contributed by atoms with van der Waals surface area (Å²) in [5, 5.41) is 11.3. The van der Waals surface area contributed by atoms with Gasteiger partial charge in [0, 0.05) is 5.69 Å². The number of nitrogens with zero attached hydrogens (tertiary/aromatic N) is 1. The van der Waals surface area contributed by atoms with Crippen LogP contribution in [0.1, 0.15) is 21.7 Å². The number of amides is 1. The first-order valence-electron chi connectivity index (χ1n) is 5.53. The zero-order valence-electron chi connectivity index (χ0n) is 10.0. The van der Waals surface area contributed by atoms with Gasteiger partial charge in [-0.15, -0.1) is 0 Å². The fourth-order valence-corrected chi connectivity index (χ4v) is 1.62. The minimum absolute atomic E-state index is 0.236. The van der Waals surface area contributed by atoms with Crippen LogP contribution >= 0.6 is 0 Å². The van der Waals surface area contributed by atoms with E-state index in [2.05, 4.69) is 10.3 Å². The Kier molecular flexibility index (Phi) is 3.75. The fraction of sp³-hybridized carbons (Fsp3) is 0.167. The molecule has 2 rings (SSSR count). The van der Waals surface area contributed by atoms with Crippen molar-refractivity contribution in [2.24, 2.45) is 0 Å². The van der Waals surface area contributed by atoms with E-state index in [4.69, 9.17) is 5.11 Å². The first-order chi connectivity index (χ1) is 9.41. The van der Waals surface area contributed by atoms with Crippen molar-refractivity contribution in [2.45, 2.75) is 12.8 Å². The third-order valence-corrected chi connectivity index (χ3v) is 2.51. The minimum atomic E-state index is -4.68. The van der Waals surface area contributed by atoms with Crippen LogP contribution in [0.2, 0.25) is 0 Å². The SMILES string of the molecule is O=C(Nc1cccc(CO)c1)c1nc[nH]c1C(F)(F)F. The number of carbonyl (C=O) groups excluding carboxylic acids is 1. The number of aliphatic hydroxyl groups is 1. The summed E-state index contributed by atoms with van der Waals surface area (Å²) in [6.45, 7) is -0.236. The van der Waals surface area contributed by atoms with Crippen molar-refractivity contribution in [3.8, 4) is 0 Å². The number of benzene rings is 1. The molecule has 106 valence electrons. The highest BCUT2D eigenvalue weighted by Crippen LogP contribution is 2.29. The third kappa shape index (κ3) is 2.97. The van der Waals surface area contributed by atoms with Crippen molar-refractivity contribution in [3.05, 3.63) is 47.5 Å². The Morgan fingerprint density at radius 3 is 2.80 bits per heavy atom. The molecule has 0 aliphatic rings. The van der Waals surface area contributed by atoms with Gasteiger partial charge in [0.05, 0.1) is 12.9 Å². The van der Waals surface area contributed by atoms with E-state index >= 15 is 0 Å². The molecule has 0 saturated heterocycles. The Morgan fingerprint density at radius 1 is 1.40 bits per heavy atom.